The van der Waals surface area contributed by atoms with Gasteiger partial charge in [-0.3, -0.25) is 5.43 Å². The number of aryl methyl sites for hydroxylation is 1. The molecule has 1 heterocycles. The molecule has 36 heavy (non-hydrogen) atoms. The number of rotatable bonds is 9. The van der Waals surface area contributed by atoms with Crippen molar-refractivity contribution < 1.29 is 17.3 Å². The van der Waals surface area contributed by atoms with Crippen molar-refractivity contribution in [3.63, 3.8) is 0 Å². The highest BCUT2D eigenvalue weighted by molar-refractivity contribution is 7.87. The Morgan fingerprint density at radius 1 is 1.06 bits per heavy atom. The van der Waals surface area contributed by atoms with E-state index in [2.05, 4.69) is 15.5 Å². The Kier molecular flexibility index (Phi) is 8.15. The maximum atomic E-state index is 12.7. The Bertz CT molecular complexity index is 1500. The van der Waals surface area contributed by atoms with E-state index in [0.29, 0.717) is 33.0 Å². The summed E-state index contributed by atoms with van der Waals surface area (Å²) in [6, 6.07) is 16.5. The zero-order valence-corrected chi connectivity index (χ0v) is 22.4. The van der Waals surface area contributed by atoms with Crippen molar-refractivity contribution >= 4 is 56.0 Å². The SMILES string of the molecule is CCOc1cc(/C=N/Nc2nc(-c3ccc(Cl)cc3Cl)cs2)ccc1OS(=O)(=O)c1ccc(C)cc1. The summed E-state index contributed by atoms with van der Waals surface area (Å²) in [6.07, 6.45) is 1.57. The largest absolute Gasteiger partial charge is 0.490 e. The molecule has 0 fully saturated rings. The van der Waals surface area contributed by atoms with Crippen molar-refractivity contribution in [2.45, 2.75) is 18.7 Å². The predicted octanol–water partition coefficient (Wildman–Crippen LogP) is 7.04. The lowest BCUT2D eigenvalue weighted by Crippen LogP contribution is -2.11. The number of hydrazone groups is 1. The van der Waals surface area contributed by atoms with Gasteiger partial charge in [-0.2, -0.15) is 13.5 Å². The van der Waals surface area contributed by atoms with Gasteiger partial charge in [0.05, 0.1) is 23.5 Å². The molecule has 0 radical (unpaired) electrons. The summed E-state index contributed by atoms with van der Waals surface area (Å²) in [5.41, 5.74) is 5.98. The molecule has 0 aliphatic carbocycles. The maximum Gasteiger partial charge on any atom is 0.339 e. The third kappa shape index (κ3) is 6.36. The normalized spacial score (nSPS) is 11.6. The number of hydrogen-bond donors (Lipinski definition) is 1. The van der Waals surface area contributed by atoms with Crippen LogP contribution in [0.2, 0.25) is 10.0 Å². The van der Waals surface area contributed by atoms with Crippen LogP contribution < -0.4 is 14.3 Å². The highest BCUT2D eigenvalue weighted by Gasteiger charge is 2.19. The molecule has 7 nitrogen and oxygen atoms in total. The molecular formula is C25H21Cl2N3O4S2. The number of aromatic nitrogens is 1. The van der Waals surface area contributed by atoms with Crippen molar-refractivity contribution in [3.8, 4) is 22.8 Å². The average Bonchev–Trinajstić information content (AvgIpc) is 3.29. The van der Waals surface area contributed by atoms with Gasteiger partial charge in [-0.15, -0.1) is 11.3 Å². The molecule has 0 aliphatic rings. The van der Waals surface area contributed by atoms with Gasteiger partial charge in [0.2, 0.25) is 5.13 Å². The van der Waals surface area contributed by atoms with Crippen LogP contribution in [0.1, 0.15) is 18.1 Å². The number of benzene rings is 3. The van der Waals surface area contributed by atoms with Gasteiger partial charge >= 0.3 is 10.1 Å². The fraction of sp³-hybridized carbons (Fsp3) is 0.120. The number of hydrogen-bond acceptors (Lipinski definition) is 8. The number of thiazole rings is 1. The van der Waals surface area contributed by atoms with Gasteiger partial charge in [-0.25, -0.2) is 4.98 Å². The molecule has 4 aromatic rings. The summed E-state index contributed by atoms with van der Waals surface area (Å²) >= 11 is 13.6. The number of nitrogens with zero attached hydrogens (tertiary/aromatic N) is 2. The Morgan fingerprint density at radius 2 is 1.83 bits per heavy atom. The van der Waals surface area contributed by atoms with Crippen LogP contribution in [0.25, 0.3) is 11.3 Å². The van der Waals surface area contributed by atoms with Gasteiger partial charge < -0.3 is 8.92 Å². The monoisotopic (exact) mass is 561 g/mol. The maximum absolute atomic E-state index is 12.7. The third-order valence-electron chi connectivity index (χ3n) is 4.86. The van der Waals surface area contributed by atoms with E-state index in [1.54, 1.807) is 49.5 Å². The first-order valence-electron chi connectivity index (χ1n) is 10.7. The fourth-order valence-corrected chi connectivity index (χ4v) is 5.23. The molecule has 0 saturated heterocycles. The first-order valence-corrected chi connectivity index (χ1v) is 13.8. The minimum Gasteiger partial charge on any atom is -0.490 e. The van der Waals surface area contributed by atoms with Crippen LogP contribution in [-0.2, 0) is 10.1 Å². The van der Waals surface area contributed by atoms with E-state index in [-0.39, 0.29) is 16.4 Å². The lowest BCUT2D eigenvalue weighted by atomic mass is 10.2. The Balaban J connectivity index is 1.47. The van der Waals surface area contributed by atoms with Crippen LogP contribution in [-0.4, -0.2) is 26.2 Å². The Morgan fingerprint density at radius 3 is 2.56 bits per heavy atom. The first kappa shape index (κ1) is 26.0. The molecular weight excluding hydrogens is 541 g/mol. The van der Waals surface area contributed by atoms with Crippen LogP contribution in [0.15, 0.2) is 76.0 Å². The molecule has 4 rings (SSSR count). The van der Waals surface area contributed by atoms with Crippen molar-refractivity contribution in [2.75, 3.05) is 12.0 Å². The molecule has 3 aromatic carbocycles. The highest BCUT2D eigenvalue weighted by Crippen LogP contribution is 2.33. The van der Waals surface area contributed by atoms with Gasteiger partial charge in [-0.1, -0.05) is 40.9 Å². The number of halogens is 2. The Labute approximate surface area is 223 Å². The summed E-state index contributed by atoms with van der Waals surface area (Å²) < 4.78 is 36.4. The molecule has 186 valence electrons. The highest BCUT2D eigenvalue weighted by atomic mass is 35.5. The zero-order chi connectivity index (χ0) is 25.7. The van der Waals surface area contributed by atoms with E-state index in [0.717, 1.165) is 11.1 Å². The summed E-state index contributed by atoms with van der Waals surface area (Å²) in [5, 5.41) is 7.72. The van der Waals surface area contributed by atoms with E-state index in [1.165, 1.54) is 29.5 Å². The smallest absolute Gasteiger partial charge is 0.339 e. The van der Waals surface area contributed by atoms with Crippen LogP contribution in [0.3, 0.4) is 0 Å². The van der Waals surface area contributed by atoms with Crippen LogP contribution in [0, 0.1) is 6.92 Å². The second kappa shape index (κ2) is 11.3. The van der Waals surface area contributed by atoms with Gasteiger partial charge in [0, 0.05) is 16.0 Å². The fourth-order valence-electron chi connectivity index (χ4n) is 3.12. The topological polar surface area (TPSA) is 89.9 Å². The third-order valence-corrected chi connectivity index (χ3v) is 7.41. The van der Waals surface area contributed by atoms with E-state index < -0.39 is 10.1 Å². The van der Waals surface area contributed by atoms with Crippen molar-refractivity contribution in [1.29, 1.82) is 0 Å². The predicted molar refractivity (Wildman–Crippen MR) is 145 cm³/mol. The second-order valence-electron chi connectivity index (χ2n) is 7.52. The number of nitrogens with one attached hydrogen (secondary N) is 1. The molecule has 11 heteroatoms. The number of anilines is 1. The standard InChI is InChI=1S/C25H21Cl2N3O4S2/c1-3-33-24-12-17(6-11-23(24)34-36(31,32)19-8-4-16(2)5-9-19)14-28-30-25-29-22(15-35-25)20-10-7-18(26)13-21(20)27/h4-15H,3H2,1-2H3,(H,29,30)/b28-14+. The molecule has 0 bridgehead atoms. The molecule has 0 amide bonds. The van der Waals surface area contributed by atoms with Crippen molar-refractivity contribution in [2.24, 2.45) is 5.10 Å². The zero-order valence-electron chi connectivity index (χ0n) is 19.2. The molecule has 0 atom stereocenters. The van der Waals surface area contributed by atoms with Gasteiger partial charge in [-0.05, 0) is 67.9 Å². The van der Waals surface area contributed by atoms with Crippen LogP contribution >= 0.6 is 34.5 Å². The molecule has 0 aliphatic heterocycles. The number of ether oxygens (including phenoxy) is 1. The summed E-state index contributed by atoms with van der Waals surface area (Å²) in [4.78, 5) is 4.56. The molecule has 0 saturated carbocycles. The molecule has 1 N–H and O–H groups in total. The van der Waals surface area contributed by atoms with Gasteiger partial charge in [0.1, 0.15) is 4.90 Å². The molecule has 1 aromatic heterocycles. The van der Waals surface area contributed by atoms with Crippen molar-refractivity contribution in [3.05, 3.63) is 87.2 Å². The van der Waals surface area contributed by atoms with Crippen molar-refractivity contribution in [1.82, 2.24) is 4.98 Å². The Hall–Kier alpha value is -3.11. The van der Waals surface area contributed by atoms with Gasteiger partial charge in [0.15, 0.2) is 11.5 Å². The molecule has 0 unspecified atom stereocenters. The van der Waals surface area contributed by atoms with E-state index in [9.17, 15) is 8.42 Å². The average molecular weight is 563 g/mol. The van der Waals surface area contributed by atoms with Crippen LogP contribution in [0.5, 0.6) is 11.5 Å². The summed E-state index contributed by atoms with van der Waals surface area (Å²) in [5.74, 6) is 0.373. The minimum atomic E-state index is -4.01. The first-order chi connectivity index (χ1) is 17.2. The van der Waals surface area contributed by atoms with E-state index in [4.69, 9.17) is 32.1 Å². The summed E-state index contributed by atoms with van der Waals surface area (Å²) in [7, 11) is -4.01. The van der Waals surface area contributed by atoms with E-state index >= 15 is 0 Å². The van der Waals surface area contributed by atoms with Crippen LogP contribution in [0.4, 0.5) is 5.13 Å². The lowest BCUT2D eigenvalue weighted by molar-refractivity contribution is 0.327. The summed E-state index contributed by atoms with van der Waals surface area (Å²) in [6.45, 7) is 4.00. The molecule has 0 spiro atoms. The quantitative estimate of drug-likeness (QED) is 0.134. The minimum absolute atomic E-state index is 0.0630. The second-order valence-corrected chi connectivity index (χ2v) is 10.8. The van der Waals surface area contributed by atoms with Gasteiger partial charge in [0.25, 0.3) is 0 Å². The van der Waals surface area contributed by atoms with E-state index in [1.807, 2.05) is 18.4 Å². The lowest BCUT2D eigenvalue weighted by Gasteiger charge is -2.12.